The van der Waals surface area contributed by atoms with Crippen molar-refractivity contribution in [3.8, 4) is 5.75 Å². The van der Waals surface area contributed by atoms with E-state index in [1.54, 1.807) is 37.4 Å². The Morgan fingerprint density at radius 2 is 1.35 bits per heavy atom. The zero-order valence-electron chi connectivity index (χ0n) is 22.1. The molecule has 212 valence electrons. The monoisotopic (exact) mass is 560 g/mol. The minimum absolute atomic E-state index is 0.0389. The Morgan fingerprint density at radius 1 is 0.675 bits per heavy atom. The largest absolute Gasteiger partial charge is 0.484 e. The highest BCUT2D eigenvalue weighted by Gasteiger charge is 2.28. The molecule has 0 amide bonds. The molecule has 0 fully saturated rings. The number of hydrogen-bond donors (Lipinski definition) is 0. The molecule has 0 aliphatic carbocycles. The van der Waals surface area contributed by atoms with Crippen LogP contribution >= 0.6 is 0 Å². The Kier molecular flexibility index (Phi) is 9.74. The van der Waals surface area contributed by atoms with E-state index >= 15 is 4.39 Å². The van der Waals surface area contributed by atoms with Gasteiger partial charge in [0.25, 0.3) is 0 Å². The third-order valence-electron chi connectivity index (χ3n) is 6.79. The second kappa shape index (κ2) is 13.2. The van der Waals surface area contributed by atoms with Crippen molar-refractivity contribution in [2.45, 2.75) is 44.7 Å². The summed E-state index contributed by atoms with van der Waals surface area (Å²) in [6.45, 7) is -0.831. The predicted molar refractivity (Wildman–Crippen MR) is 143 cm³/mol. The lowest BCUT2D eigenvalue weighted by molar-refractivity contribution is -0.153. The number of benzene rings is 4. The molecule has 4 aromatic carbocycles. The van der Waals surface area contributed by atoms with Crippen molar-refractivity contribution in [1.29, 1.82) is 0 Å². The highest BCUT2D eigenvalue weighted by Crippen LogP contribution is 2.26. The van der Waals surface area contributed by atoms with Gasteiger partial charge in [-0.2, -0.15) is 13.2 Å². The molecule has 4 rings (SSSR count). The standard InChI is InChI=1S/C32H30F6O2/c1-39-16-2-3-23-18-29(33)28(30(34)19-23)15-8-22-7-14-27-25(17-22)11-10-24(31(27)35)9-4-21-5-12-26(13-6-21)40-20-32(36,37)38/h5-7,10-14,17-19H,2-4,8-9,15-16,20H2,1H3. The summed E-state index contributed by atoms with van der Waals surface area (Å²) in [6, 6.07) is 17.8. The van der Waals surface area contributed by atoms with E-state index in [1.165, 1.54) is 24.3 Å². The summed E-state index contributed by atoms with van der Waals surface area (Å²) in [5, 5.41) is 1.15. The average molecular weight is 561 g/mol. The van der Waals surface area contributed by atoms with Gasteiger partial charge in [0.05, 0.1) is 0 Å². The van der Waals surface area contributed by atoms with Crippen LogP contribution in [0.3, 0.4) is 0 Å². The van der Waals surface area contributed by atoms with Crippen molar-refractivity contribution >= 4 is 10.8 Å². The Morgan fingerprint density at radius 3 is 2.02 bits per heavy atom. The molecule has 8 heteroatoms. The predicted octanol–water partition coefficient (Wildman–Crippen LogP) is 8.35. The lowest BCUT2D eigenvalue weighted by Crippen LogP contribution is -2.19. The maximum absolute atomic E-state index is 15.3. The summed E-state index contributed by atoms with van der Waals surface area (Å²) in [7, 11) is 1.58. The molecule has 0 bridgehead atoms. The summed E-state index contributed by atoms with van der Waals surface area (Å²) < 4.78 is 91.0. The van der Waals surface area contributed by atoms with Crippen LogP contribution in [0.5, 0.6) is 5.75 Å². The minimum atomic E-state index is -4.40. The van der Waals surface area contributed by atoms with E-state index in [0.717, 1.165) is 11.1 Å². The normalized spacial score (nSPS) is 11.8. The SMILES string of the molecule is COCCCc1cc(F)c(CCc2ccc3c(F)c(CCc4ccc(OCC(F)(F)F)cc4)ccc3c2)c(F)c1. The number of methoxy groups -OCH3 is 1. The van der Waals surface area contributed by atoms with E-state index in [0.29, 0.717) is 60.6 Å². The molecule has 0 aromatic heterocycles. The van der Waals surface area contributed by atoms with Crippen molar-refractivity contribution in [1.82, 2.24) is 0 Å². The third kappa shape index (κ3) is 8.01. The Bertz CT molecular complexity index is 1410. The van der Waals surface area contributed by atoms with Gasteiger partial charge >= 0.3 is 6.18 Å². The van der Waals surface area contributed by atoms with E-state index in [4.69, 9.17) is 9.47 Å². The Balaban J connectivity index is 1.37. The second-order valence-corrected chi connectivity index (χ2v) is 9.78. The maximum Gasteiger partial charge on any atom is 0.422 e. The van der Waals surface area contributed by atoms with E-state index in [9.17, 15) is 22.0 Å². The molecule has 0 spiro atoms. The number of fused-ring (bicyclic) bond motifs is 1. The van der Waals surface area contributed by atoms with Gasteiger partial charge in [-0.15, -0.1) is 0 Å². The summed E-state index contributed by atoms with van der Waals surface area (Å²) in [5.74, 6) is -1.34. The Hall–Kier alpha value is -3.52. The highest BCUT2D eigenvalue weighted by molar-refractivity contribution is 5.84. The lowest BCUT2D eigenvalue weighted by Gasteiger charge is -2.11. The molecule has 4 aromatic rings. The summed E-state index contributed by atoms with van der Waals surface area (Å²) in [6.07, 6.45) is -1.69. The molecule has 0 radical (unpaired) electrons. The topological polar surface area (TPSA) is 18.5 Å². The van der Waals surface area contributed by atoms with Gasteiger partial charge in [0.2, 0.25) is 0 Å². The number of rotatable bonds is 12. The second-order valence-electron chi connectivity index (χ2n) is 9.78. The van der Waals surface area contributed by atoms with Gasteiger partial charge in [0.1, 0.15) is 23.2 Å². The average Bonchev–Trinajstić information content (AvgIpc) is 2.91. The van der Waals surface area contributed by atoms with Crippen molar-refractivity contribution in [2.24, 2.45) is 0 Å². The smallest absolute Gasteiger partial charge is 0.422 e. The number of hydrogen-bond acceptors (Lipinski definition) is 2. The Labute approximate surface area is 229 Å². The molecular formula is C32H30F6O2. The van der Waals surface area contributed by atoms with Crippen LogP contribution in [0.15, 0.2) is 66.7 Å². The highest BCUT2D eigenvalue weighted by atomic mass is 19.4. The van der Waals surface area contributed by atoms with Gasteiger partial charge in [-0.3, -0.25) is 0 Å². The molecule has 40 heavy (non-hydrogen) atoms. The van der Waals surface area contributed by atoms with Gasteiger partial charge in [0.15, 0.2) is 6.61 Å². The molecule has 0 atom stereocenters. The van der Waals surface area contributed by atoms with Crippen LogP contribution in [0.4, 0.5) is 26.3 Å². The van der Waals surface area contributed by atoms with Crippen LogP contribution in [-0.2, 0) is 36.8 Å². The van der Waals surface area contributed by atoms with Crippen LogP contribution in [-0.4, -0.2) is 26.5 Å². The molecular weight excluding hydrogens is 530 g/mol. The molecule has 0 unspecified atom stereocenters. The van der Waals surface area contributed by atoms with Crippen molar-refractivity contribution in [3.05, 3.63) is 112 Å². The summed E-state index contributed by atoms with van der Waals surface area (Å²) in [5.41, 5.74) is 2.84. The molecule has 2 nitrogen and oxygen atoms in total. The van der Waals surface area contributed by atoms with Crippen LogP contribution in [0.2, 0.25) is 0 Å². The van der Waals surface area contributed by atoms with Gasteiger partial charge in [-0.1, -0.05) is 42.5 Å². The first-order valence-electron chi connectivity index (χ1n) is 13.1. The molecule has 0 saturated carbocycles. The number of aryl methyl sites for hydroxylation is 4. The van der Waals surface area contributed by atoms with E-state index in [2.05, 4.69) is 0 Å². The van der Waals surface area contributed by atoms with Crippen LogP contribution < -0.4 is 4.74 Å². The minimum Gasteiger partial charge on any atom is -0.484 e. The maximum atomic E-state index is 15.3. The molecule has 0 aliphatic heterocycles. The van der Waals surface area contributed by atoms with Gasteiger partial charge in [-0.25, -0.2) is 13.2 Å². The fraction of sp³-hybridized carbons (Fsp3) is 0.312. The van der Waals surface area contributed by atoms with Crippen LogP contribution in [0.1, 0.15) is 34.2 Å². The van der Waals surface area contributed by atoms with Crippen molar-refractivity contribution in [2.75, 3.05) is 20.3 Å². The number of ether oxygens (including phenoxy) is 2. The first-order valence-corrected chi connectivity index (χ1v) is 13.1. The van der Waals surface area contributed by atoms with E-state index in [-0.39, 0.29) is 23.6 Å². The van der Waals surface area contributed by atoms with Crippen LogP contribution in [0, 0.1) is 17.5 Å². The van der Waals surface area contributed by atoms with Crippen LogP contribution in [0.25, 0.3) is 10.8 Å². The quantitative estimate of drug-likeness (QED) is 0.128. The van der Waals surface area contributed by atoms with Crippen molar-refractivity contribution < 1.29 is 35.8 Å². The summed E-state index contributed by atoms with van der Waals surface area (Å²) in [4.78, 5) is 0. The first kappa shape index (κ1) is 29.5. The fourth-order valence-electron chi connectivity index (χ4n) is 4.66. The van der Waals surface area contributed by atoms with Gasteiger partial charge in [0, 0.05) is 24.7 Å². The zero-order valence-corrected chi connectivity index (χ0v) is 22.1. The third-order valence-corrected chi connectivity index (χ3v) is 6.79. The summed E-state index contributed by atoms with van der Waals surface area (Å²) >= 11 is 0. The zero-order chi connectivity index (χ0) is 28.7. The van der Waals surface area contributed by atoms with E-state index in [1.807, 2.05) is 12.1 Å². The lowest BCUT2D eigenvalue weighted by atomic mass is 9.96. The molecule has 0 heterocycles. The molecule has 0 aliphatic rings. The molecule has 0 N–H and O–H groups in total. The number of alkyl halides is 3. The van der Waals surface area contributed by atoms with E-state index < -0.39 is 24.4 Å². The van der Waals surface area contributed by atoms with Gasteiger partial charge in [-0.05, 0) is 90.4 Å². The van der Waals surface area contributed by atoms with Crippen molar-refractivity contribution in [3.63, 3.8) is 0 Å². The first-order chi connectivity index (χ1) is 19.1. The molecule has 0 saturated heterocycles. The fourth-order valence-corrected chi connectivity index (χ4v) is 4.66. The number of halogens is 6. The van der Waals surface area contributed by atoms with Gasteiger partial charge < -0.3 is 9.47 Å².